The molecule has 1 aromatic carbocycles. The van der Waals surface area contributed by atoms with Crippen molar-refractivity contribution in [2.24, 2.45) is 0 Å². The molecule has 1 atom stereocenters. The van der Waals surface area contributed by atoms with Crippen LogP contribution in [0.1, 0.15) is 49.8 Å². The predicted molar refractivity (Wildman–Crippen MR) is 117 cm³/mol. The summed E-state index contributed by atoms with van der Waals surface area (Å²) in [7, 11) is 7.93. The van der Waals surface area contributed by atoms with E-state index in [1.165, 1.54) is 12.1 Å². The molecule has 162 valence electrons. The Kier molecular flexibility index (Phi) is 6.41. The number of carbonyl (C=O) groups excluding carboxylic acids is 1. The molecule has 1 amide bonds. The maximum atomic E-state index is 13.6. The molecule has 0 bridgehead atoms. The molecule has 1 fully saturated rings. The maximum absolute atomic E-state index is 13.6. The number of rotatable bonds is 6. The highest BCUT2D eigenvalue weighted by Gasteiger charge is 2.40. The number of amides is 1. The van der Waals surface area contributed by atoms with Crippen molar-refractivity contribution in [3.63, 3.8) is 0 Å². The van der Waals surface area contributed by atoms with E-state index in [4.69, 9.17) is 9.97 Å². The van der Waals surface area contributed by atoms with Crippen LogP contribution in [-0.2, 0) is 16.8 Å². The fraction of sp³-hybridized carbons (Fsp3) is 0.522. The number of hydrogen-bond acceptors (Lipinski definition) is 5. The Morgan fingerprint density at radius 1 is 1.17 bits per heavy atom. The summed E-state index contributed by atoms with van der Waals surface area (Å²) in [6, 6.07) is 8.03. The number of halogens is 1. The normalized spacial score (nSPS) is 16.9. The highest BCUT2D eigenvalue weighted by molar-refractivity contribution is 5.88. The minimum Gasteiger partial charge on any atom is -0.363 e. The van der Waals surface area contributed by atoms with E-state index in [1.54, 1.807) is 12.1 Å². The van der Waals surface area contributed by atoms with Gasteiger partial charge >= 0.3 is 0 Å². The monoisotopic (exact) mass is 413 g/mol. The van der Waals surface area contributed by atoms with Crippen molar-refractivity contribution in [2.45, 2.75) is 44.7 Å². The molecule has 1 aromatic heterocycles. The molecule has 2 heterocycles. The number of anilines is 1. The lowest BCUT2D eigenvalue weighted by atomic mass is 9.83. The van der Waals surface area contributed by atoms with Crippen molar-refractivity contribution in [2.75, 3.05) is 39.6 Å². The van der Waals surface area contributed by atoms with Gasteiger partial charge in [0, 0.05) is 33.3 Å². The van der Waals surface area contributed by atoms with Gasteiger partial charge in [0.05, 0.1) is 17.2 Å². The molecule has 2 aromatic rings. The summed E-state index contributed by atoms with van der Waals surface area (Å²) >= 11 is 0. The topological polar surface area (TPSA) is 52.6 Å². The van der Waals surface area contributed by atoms with Gasteiger partial charge in [-0.1, -0.05) is 12.1 Å². The standard InChI is InChI=1S/C23H32FN5O/c1-23(2,16-9-11-17(24)12-10-16)22(30)29-13-7-8-19(29)21-25-18(15-27(3)4)14-20(26-21)28(5)6/h9-12,14,19H,7-8,13,15H2,1-6H3. The molecule has 7 heteroatoms. The number of nitrogens with zero attached hydrogens (tertiary/aromatic N) is 5. The average molecular weight is 414 g/mol. The first kappa shape index (κ1) is 22.2. The third-order valence-corrected chi connectivity index (χ3v) is 5.63. The van der Waals surface area contributed by atoms with Crippen LogP contribution in [-0.4, -0.2) is 60.4 Å². The van der Waals surface area contributed by atoms with Gasteiger partial charge in [-0.05, 0) is 58.5 Å². The summed E-state index contributed by atoms with van der Waals surface area (Å²) < 4.78 is 13.4. The predicted octanol–water partition coefficient (Wildman–Crippen LogP) is 3.38. The van der Waals surface area contributed by atoms with E-state index in [0.717, 1.165) is 29.9 Å². The molecule has 1 saturated heterocycles. The summed E-state index contributed by atoms with van der Waals surface area (Å²) in [6.45, 7) is 5.17. The second kappa shape index (κ2) is 8.68. The van der Waals surface area contributed by atoms with Crippen LogP contribution in [0, 0.1) is 5.82 Å². The molecule has 6 nitrogen and oxygen atoms in total. The van der Waals surface area contributed by atoms with Gasteiger partial charge in [0.2, 0.25) is 5.91 Å². The van der Waals surface area contributed by atoms with Crippen LogP contribution in [0.15, 0.2) is 30.3 Å². The Hall–Kier alpha value is -2.54. The SMILES string of the molecule is CN(C)Cc1cc(N(C)C)nc(C2CCCN2C(=O)C(C)(C)c2ccc(F)cc2)n1. The molecule has 30 heavy (non-hydrogen) atoms. The van der Waals surface area contributed by atoms with Crippen LogP contribution >= 0.6 is 0 Å². The van der Waals surface area contributed by atoms with Gasteiger partial charge in [0.15, 0.2) is 5.82 Å². The molecule has 0 N–H and O–H groups in total. The van der Waals surface area contributed by atoms with Crippen LogP contribution in [0.5, 0.6) is 0 Å². The zero-order valence-electron chi connectivity index (χ0n) is 18.8. The third kappa shape index (κ3) is 4.61. The van der Waals surface area contributed by atoms with Crippen LogP contribution in [0.2, 0.25) is 0 Å². The first-order valence-corrected chi connectivity index (χ1v) is 10.4. The number of benzene rings is 1. The molecule has 0 aliphatic carbocycles. The summed E-state index contributed by atoms with van der Waals surface area (Å²) in [4.78, 5) is 29.1. The molecule has 3 rings (SSSR count). The summed E-state index contributed by atoms with van der Waals surface area (Å²) in [5.74, 6) is 1.25. The highest BCUT2D eigenvalue weighted by Crippen LogP contribution is 2.36. The fourth-order valence-corrected chi connectivity index (χ4v) is 3.91. The van der Waals surface area contributed by atoms with E-state index in [0.29, 0.717) is 18.9 Å². The van der Waals surface area contributed by atoms with Gasteiger partial charge in [0.25, 0.3) is 0 Å². The minimum absolute atomic E-state index is 0.0182. The van der Waals surface area contributed by atoms with Crippen molar-refractivity contribution in [1.29, 1.82) is 0 Å². The van der Waals surface area contributed by atoms with Crippen molar-refractivity contribution >= 4 is 11.7 Å². The molecule has 0 spiro atoms. The molecule has 0 radical (unpaired) electrons. The van der Waals surface area contributed by atoms with E-state index < -0.39 is 5.41 Å². The minimum atomic E-state index is -0.762. The Bertz CT molecular complexity index is 895. The maximum Gasteiger partial charge on any atom is 0.233 e. The molecular formula is C23H32FN5O. The Morgan fingerprint density at radius 3 is 2.43 bits per heavy atom. The van der Waals surface area contributed by atoms with E-state index in [2.05, 4.69) is 4.90 Å². The van der Waals surface area contributed by atoms with Gasteiger partial charge < -0.3 is 14.7 Å². The van der Waals surface area contributed by atoms with E-state index in [1.807, 2.05) is 57.9 Å². The summed E-state index contributed by atoms with van der Waals surface area (Å²) in [6.07, 6.45) is 1.75. The summed E-state index contributed by atoms with van der Waals surface area (Å²) in [5.41, 5.74) is 0.976. The number of likely N-dealkylation sites (tertiary alicyclic amines) is 1. The molecule has 1 aliphatic rings. The second-order valence-electron chi connectivity index (χ2n) is 9.00. The fourth-order valence-electron chi connectivity index (χ4n) is 3.91. The van der Waals surface area contributed by atoms with Gasteiger partial charge in [0.1, 0.15) is 11.6 Å². The van der Waals surface area contributed by atoms with Crippen LogP contribution in [0.25, 0.3) is 0 Å². The second-order valence-corrected chi connectivity index (χ2v) is 9.00. The molecule has 0 saturated carbocycles. The molecule has 1 unspecified atom stereocenters. The van der Waals surface area contributed by atoms with Crippen LogP contribution in [0.3, 0.4) is 0 Å². The van der Waals surface area contributed by atoms with Crippen molar-refractivity contribution in [1.82, 2.24) is 19.8 Å². The van der Waals surface area contributed by atoms with Gasteiger partial charge in [-0.15, -0.1) is 0 Å². The van der Waals surface area contributed by atoms with Gasteiger partial charge in [-0.2, -0.15) is 0 Å². The zero-order valence-corrected chi connectivity index (χ0v) is 18.8. The smallest absolute Gasteiger partial charge is 0.233 e. The lowest BCUT2D eigenvalue weighted by molar-refractivity contribution is -0.137. The molecular weight excluding hydrogens is 381 g/mol. The Balaban J connectivity index is 1.94. The first-order valence-electron chi connectivity index (χ1n) is 10.4. The van der Waals surface area contributed by atoms with Crippen molar-refractivity contribution < 1.29 is 9.18 Å². The average Bonchev–Trinajstić information content (AvgIpc) is 3.16. The van der Waals surface area contributed by atoms with E-state index in [9.17, 15) is 9.18 Å². The zero-order chi connectivity index (χ0) is 22.1. The van der Waals surface area contributed by atoms with E-state index in [-0.39, 0.29) is 17.8 Å². The first-order chi connectivity index (χ1) is 14.1. The van der Waals surface area contributed by atoms with Crippen molar-refractivity contribution in [3.8, 4) is 0 Å². The number of carbonyl (C=O) groups is 1. The highest BCUT2D eigenvalue weighted by atomic mass is 19.1. The van der Waals surface area contributed by atoms with Crippen LogP contribution < -0.4 is 4.90 Å². The third-order valence-electron chi connectivity index (χ3n) is 5.63. The lowest BCUT2D eigenvalue weighted by Gasteiger charge is -2.33. The Morgan fingerprint density at radius 2 is 1.83 bits per heavy atom. The number of hydrogen-bond donors (Lipinski definition) is 0. The van der Waals surface area contributed by atoms with E-state index >= 15 is 0 Å². The summed E-state index contributed by atoms with van der Waals surface area (Å²) in [5, 5.41) is 0. The molecule has 1 aliphatic heterocycles. The quantitative estimate of drug-likeness (QED) is 0.727. The largest absolute Gasteiger partial charge is 0.363 e. The van der Waals surface area contributed by atoms with Crippen molar-refractivity contribution in [3.05, 3.63) is 53.2 Å². The number of aromatic nitrogens is 2. The van der Waals surface area contributed by atoms with Gasteiger partial charge in [-0.25, -0.2) is 14.4 Å². The van der Waals surface area contributed by atoms with Gasteiger partial charge in [-0.3, -0.25) is 4.79 Å². The lowest BCUT2D eigenvalue weighted by Crippen LogP contribution is -2.43. The Labute approximate surface area is 178 Å². The van der Waals surface area contributed by atoms with Crippen LogP contribution in [0.4, 0.5) is 10.2 Å².